The monoisotopic (exact) mass is 263 g/mol. The third-order valence-corrected chi connectivity index (χ3v) is 2.36. The van der Waals surface area contributed by atoms with Crippen LogP contribution in [0.3, 0.4) is 0 Å². The molecule has 0 amide bonds. The van der Waals surface area contributed by atoms with Crippen molar-refractivity contribution in [1.82, 2.24) is 4.98 Å². The molecule has 0 radical (unpaired) electrons. The molecule has 0 spiro atoms. The first-order valence-electron chi connectivity index (χ1n) is 3.89. The lowest BCUT2D eigenvalue weighted by Crippen LogP contribution is -2.02. The zero-order valence-electron chi connectivity index (χ0n) is 7.43. The van der Waals surface area contributed by atoms with Gasteiger partial charge in [-0.05, 0) is 18.6 Å². The van der Waals surface area contributed by atoms with Gasteiger partial charge < -0.3 is 0 Å². The van der Waals surface area contributed by atoms with E-state index < -0.39 is 6.43 Å². The van der Waals surface area contributed by atoms with Gasteiger partial charge in [0.05, 0.1) is 5.69 Å². The van der Waals surface area contributed by atoms with E-state index in [2.05, 4.69) is 20.9 Å². The third kappa shape index (κ3) is 2.15. The standard InChI is InChI=1S/C9H8BrF2NO/c1-5-2-7(9(11)12)13-8(3-10)6(5)4-14/h2,4,9H,3H2,1H3. The van der Waals surface area contributed by atoms with E-state index in [1.165, 1.54) is 6.07 Å². The fraction of sp³-hybridized carbons (Fsp3) is 0.333. The number of aryl methyl sites for hydroxylation is 1. The molecule has 5 heteroatoms. The lowest BCUT2D eigenvalue weighted by atomic mass is 10.1. The molecule has 1 aromatic heterocycles. The molecule has 0 saturated carbocycles. The molecule has 0 aliphatic rings. The molecule has 0 aromatic carbocycles. The Morgan fingerprint density at radius 2 is 2.29 bits per heavy atom. The van der Waals surface area contributed by atoms with E-state index in [1.54, 1.807) is 6.92 Å². The van der Waals surface area contributed by atoms with Gasteiger partial charge in [-0.2, -0.15) is 0 Å². The van der Waals surface area contributed by atoms with Crippen LogP contribution in [0.25, 0.3) is 0 Å². The van der Waals surface area contributed by atoms with Gasteiger partial charge in [0.25, 0.3) is 6.43 Å². The molecule has 0 fully saturated rings. The van der Waals surface area contributed by atoms with E-state index in [1.807, 2.05) is 0 Å². The Labute approximate surface area is 88.5 Å². The van der Waals surface area contributed by atoms with Crippen LogP contribution in [0, 0.1) is 6.92 Å². The van der Waals surface area contributed by atoms with E-state index in [4.69, 9.17) is 0 Å². The SMILES string of the molecule is Cc1cc(C(F)F)nc(CBr)c1C=O. The van der Waals surface area contributed by atoms with Crippen LogP contribution < -0.4 is 0 Å². The zero-order chi connectivity index (χ0) is 10.7. The highest BCUT2D eigenvalue weighted by Crippen LogP contribution is 2.21. The Balaban J connectivity index is 3.31. The number of carbonyl (C=O) groups is 1. The number of nitrogens with zero attached hydrogens (tertiary/aromatic N) is 1. The Morgan fingerprint density at radius 1 is 1.64 bits per heavy atom. The quantitative estimate of drug-likeness (QED) is 0.620. The second-order valence-electron chi connectivity index (χ2n) is 2.78. The fourth-order valence-electron chi connectivity index (χ4n) is 1.15. The number of hydrogen-bond acceptors (Lipinski definition) is 2. The van der Waals surface area contributed by atoms with Crippen LogP contribution >= 0.6 is 15.9 Å². The first kappa shape index (κ1) is 11.2. The van der Waals surface area contributed by atoms with Gasteiger partial charge in [0, 0.05) is 10.9 Å². The van der Waals surface area contributed by atoms with Crippen molar-refractivity contribution in [2.45, 2.75) is 18.7 Å². The number of alkyl halides is 3. The summed E-state index contributed by atoms with van der Waals surface area (Å²) in [7, 11) is 0. The maximum absolute atomic E-state index is 12.3. The molecule has 0 bridgehead atoms. The largest absolute Gasteiger partial charge is 0.298 e. The summed E-state index contributed by atoms with van der Waals surface area (Å²) in [5.41, 5.74) is 0.976. The van der Waals surface area contributed by atoms with Crippen LogP contribution in [0.2, 0.25) is 0 Å². The van der Waals surface area contributed by atoms with Gasteiger partial charge in [0.2, 0.25) is 0 Å². The molecule has 2 nitrogen and oxygen atoms in total. The average Bonchev–Trinajstić information content (AvgIpc) is 2.16. The van der Waals surface area contributed by atoms with Gasteiger partial charge in [-0.1, -0.05) is 15.9 Å². The molecule has 0 atom stereocenters. The highest BCUT2D eigenvalue weighted by atomic mass is 79.9. The lowest BCUT2D eigenvalue weighted by Gasteiger charge is -2.07. The molecular weight excluding hydrogens is 256 g/mol. The number of halogens is 3. The summed E-state index contributed by atoms with van der Waals surface area (Å²) in [5.74, 6) is 0. The second-order valence-corrected chi connectivity index (χ2v) is 3.34. The van der Waals surface area contributed by atoms with Crippen LogP contribution in [0.5, 0.6) is 0 Å². The smallest absolute Gasteiger partial charge is 0.280 e. The van der Waals surface area contributed by atoms with Crippen LogP contribution in [0.1, 0.15) is 33.7 Å². The van der Waals surface area contributed by atoms with Gasteiger partial charge in [-0.15, -0.1) is 0 Å². The molecule has 0 saturated heterocycles. The minimum Gasteiger partial charge on any atom is -0.298 e. The van der Waals surface area contributed by atoms with Gasteiger partial charge in [-0.25, -0.2) is 8.78 Å². The maximum atomic E-state index is 12.3. The summed E-state index contributed by atoms with van der Waals surface area (Å²) in [6, 6.07) is 1.24. The van der Waals surface area contributed by atoms with E-state index in [0.717, 1.165) is 0 Å². The number of carbonyl (C=O) groups excluding carboxylic acids is 1. The van der Waals surface area contributed by atoms with Gasteiger partial charge >= 0.3 is 0 Å². The maximum Gasteiger partial charge on any atom is 0.280 e. The van der Waals surface area contributed by atoms with Crippen molar-refractivity contribution >= 4 is 22.2 Å². The molecule has 14 heavy (non-hydrogen) atoms. The number of pyridine rings is 1. The normalized spacial score (nSPS) is 10.6. The van der Waals surface area contributed by atoms with Crippen molar-refractivity contribution in [2.24, 2.45) is 0 Å². The molecule has 0 aliphatic heterocycles. The fourth-order valence-corrected chi connectivity index (χ4v) is 1.58. The minimum atomic E-state index is -2.60. The van der Waals surface area contributed by atoms with Crippen LogP contribution in [0.4, 0.5) is 8.78 Å². The minimum absolute atomic E-state index is 0.289. The summed E-state index contributed by atoms with van der Waals surface area (Å²) >= 11 is 3.10. The lowest BCUT2D eigenvalue weighted by molar-refractivity contribution is 0.112. The van der Waals surface area contributed by atoms with Crippen molar-refractivity contribution in [2.75, 3.05) is 0 Å². The van der Waals surface area contributed by atoms with E-state index in [-0.39, 0.29) is 5.69 Å². The Kier molecular flexibility index (Phi) is 3.69. The van der Waals surface area contributed by atoms with Gasteiger partial charge in [0.15, 0.2) is 6.29 Å². The highest BCUT2D eigenvalue weighted by Gasteiger charge is 2.14. The number of rotatable bonds is 3. The zero-order valence-corrected chi connectivity index (χ0v) is 9.01. The number of hydrogen-bond donors (Lipinski definition) is 0. The summed E-state index contributed by atoms with van der Waals surface area (Å²) in [6.07, 6.45) is -1.97. The van der Waals surface area contributed by atoms with E-state index in [0.29, 0.717) is 28.4 Å². The van der Waals surface area contributed by atoms with Crippen LogP contribution in [0.15, 0.2) is 6.07 Å². The van der Waals surface area contributed by atoms with Crippen molar-refractivity contribution in [3.63, 3.8) is 0 Å². The topological polar surface area (TPSA) is 30.0 Å². The van der Waals surface area contributed by atoms with Crippen LogP contribution in [-0.2, 0) is 5.33 Å². The summed E-state index contributed by atoms with van der Waals surface area (Å²) in [6.45, 7) is 1.61. The predicted octanol–water partition coefficient (Wildman–Crippen LogP) is 3.04. The van der Waals surface area contributed by atoms with Gasteiger partial charge in [0.1, 0.15) is 5.69 Å². The number of aldehydes is 1. The Hall–Kier alpha value is -0.840. The summed E-state index contributed by atoms with van der Waals surface area (Å²) in [4.78, 5) is 14.3. The Morgan fingerprint density at radius 3 is 2.71 bits per heavy atom. The second kappa shape index (κ2) is 4.59. The van der Waals surface area contributed by atoms with Crippen LogP contribution in [-0.4, -0.2) is 11.3 Å². The van der Waals surface area contributed by atoms with Crippen molar-refractivity contribution in [3.8, 4) is 0 Å². The Bertz CT molecular complexity index is 355. The number of aromatic nitrogens is 1. The van der Waals surface area contributed by atoms with Gasteiger partial charge in [-0.3, -0.25) is 9.78 Å². The van der Waals surface area contributed by atoms with E-state index in [9.17, 15) is 13.6 Å². The highest BCUT2D eigenvalue weighted by molar-refractivity contribution is 9.08. The molecular formula is C9H8BrF2NO. The van der Waals surface area contributed by atoms with E-state index >= 15 is 0 Å². The third-order valence-electron chi connectivity index (χ3n) is 1.83. The van der Waals surface area contributed by atoms with Crippen molar-refractivity contribution in [1.29, 1.82) is 0 Å². The summed E-state index contributed by atoms with van der Waals surface area (Å²) in [5, 5.41) is 0.294. The molecule has 0 aliphatic carbocycles. The van der Waals surface area contributed by atoms with Crippen molar-refractivity contribution < 1.29 is 13.6 Å². The predicted molar refractivity (Wildman–Crippen MR) is 51.9 cm³/mol. The first-order valence-corrected chi connectivity index (χ1v) is 5.02. The molecule has 0 unspecified atom stereocenters. The summed E-state index contributed by atoms with van der Waals surface area (Å²) < 4.78 is 24.7. The molecule has 76 valence electrons. The van der Waals surface area contributed by atoms with Crippen molar-refractivity contribution in [3.05, 3.63) is 28.6 Å². The molecule has 1 aromatic rings. The molecule has 1 rings (SSSR count). The molecule has 0 N–H and O–H groups in total. The average molecular weight is 264 g/mol. The first-order chi connectivity index (χ1) is 6.60. The molecule has 1 heterocycles.